The number of fused-ring (bicyclic) bond motifs is 4. The molecule has 0 saturated heterocycles. The van der Waals surface area contributed by atoms with Crippen molar-refractivity contribution in [1.82, 2.24) is 4.98 Å². The summed E-state index contributed by atoms with van der Waals surface area (Å²) in [6.45, 7) is 4.20. The van der Waals surface area contributed by atoms with E-state index in [2.05, 4.69) is 11.1 Å². The van der Waals surface area contributed by atoms with Gasteiger partial charge >= 0.3 is 0 Å². The van der Waals surface area contributed by atoms with Crippen LogP contribution in [0, 0.1) is 13.8 Å². The number of amides is 2. The summed E-state index contributed by atoms with van der Waals surface area (Å²) >= 11 is 0. The fourth-order valence-electron chi connectivity index (χ4n) is 5.81. The standard InChI is InChI=1S/C32H29N3O4/c1-17-6-9-23-21(12-17)15-35(32(23)39)27-5-3-4-22(18(27)2)24-10-8-20(14-29(33)38)31-30(24)25-11-7-19(28(37)16-36)13-26(25)34-31/h3-13,28,34,36-37H,14-16H2,1-2H3,(H2,33,38). The number of aromatic amines is 1. The molecular formula is C32H29N3O4. The van der Waals surface area contributed by atoms with E-state index in [-0.39, 0.29) is 18.9 Å². The number of aromatic nitrogens is 1. The van der Waals surface area contributed by atoms with Crippen LogP contribution in [0.2, 0.25) is 0 Å². The summed E-state index contributed by atoms with van der Waals surface area (Å²) in [5, 5.41) is 21.5. The van der Waals surface area contributed by atoms with Crippen LogP contribution in [0.25, 0.3) is 32.9 Å². The van der Waals surface area contributed by atoms with Gasteiger partial charge in [0.1, 0.15) is 6.10 Å². The zero-order valence-corrected chi connectivity index (χ0v) is 21.8. The number of hydrogen-bond donors (Lipinski definition) is 4. The zero-order valence-electron chi connectivity index (χ0n) is 21.8. The summed E-state index contributed by atoms with van der Waals surface area (Å²) < 4.78 is 0. The fourth-order valence-corrected chi connectivity index (χ4v) is 5.81. The Morgan fingerprint density at radius 1 is 1.03 bits per heavy atom. The van der Waals surface area contributed by atoms with Gasteiger partial charge in [0.25, 0.3) is 5.91 Å². The lowest BCUT2D eigenvalue weighted by atomic mass is 9.92. The van der Waals surface area contributed by atoms with Crippen LogP contribution in [0.4, 0.5) is 5.69 Å². The monoisotopic (exact) mass is 519 g/mol. The van der Waals surface area contributed by atoms with E-state index in [1.807, 2.05) is 73.3 Å². The molecule has 1 aliphatic rings. The predicted molar refractivity (Wildman–Crippen MR) is 153 cm³/mol. The average molecular weight is 520 g/mol. The number of carbonyl (C=O) groups is 2. The maximum Gasteiger partial charge on any atom is 0.258 e. The van der Waals surface area contributed by atoms with Crippen LogP contribution >= 0.6 is 0 Å². The maximum absolute atomic E-state index is 13.4. The number of nitrogens with two attached hydrogens (primary N) is 1. The minimum absolute atomic E-state index is 0.00531. The third-order valence-electron chi connectivity index (χ3n) is 7.74. The molecule has 1 aliphatic heterocycles. The van der Waals surface area contributed by atoms with Crippen LogP contribution in [0.5, 0.6) is 0 Å². The van der Waals surface area contributed by atoms with Crippen molar-refractivity contribution in [2.24, 2.45) is 5.73 Å². The summed E-state index contributed by atoms with van der Waals surface area (Å²) in [4.78, 5) is 30.5. The molecule has 0 saturated carbocycles. The van der Waals surface area contributed by atoms with Crippen LogP contribution in [0.3, 0.4) is 0 Å². The fraction of sp³-hybridized carbons (Fsp3) is 0.188. The third-order valence-corrected chi connectivity index (χ3v) is 7.74. The summed E-state index contributed by atoms with van der Waals surface area (Å²) in [5.74, 6) is -0.436. The molecule has 1 aromatic heterocycles. The van der Waals surface area contributed by atoms with Crippen molar-refractivity contribution in [3.8, 4) is 11.1 Å². The molecule has 2 heterocycles. The minimum Gasteiger partial charge on any atom is -0.393 e. The number of aryl methyl sites for hydroxylation is 1. The van der Waals surface area contributed by atoms with E-state index in [4.69, 9.17) is 5.73 Å². The van der Waals surface area contributed by atoms with Crippen LogP contribution in [-0.2, 0) is 17.8 Å². The Morgan fingerprint density at radius 3 is 2.59 bits per heavy atom. The number of H-pyrrole nitrogens is 1. The smallest absolute Gasteiger partial charge is 0.258 e. The first-order chi connectivity index (χ1) is 18.8. The molecule has 1 unspecified atom stereocenters. The number of nitrogens with zero attached hydrogens (tertiary/aromatic N) is 1. The first kappa shape index (κ1) is 24.9. The molecule has 5 aromatic rings. The number of aliphatic hydroxyl groups is 2. The third kappa shape index (κ3) is 4.07. The molecule has 4 aromatic carbocycles. The van der Waals surface area contributed by atoms with Crippen molar-refractivity contribution in [2.75, 3.05) is 11.5 Å². The van der Waals surface area contributed by atoms with E-state index in [9.17, 15) is 19.8 Å². The Morgan fingerprint density at radius 2 is 1.82 bits per heavy atom. The molecule has 7 heteroatoms. The van der Waals surface area contributed by atoms with Crippen molar-refractivity contribution in [2.45, 2.75) is 32.9 Å². The highest BCUT2D eigenvalue weighted by Crippen LogP contribution is 2.41. The number of carbonyl (C=O) groups excluding carboxylic acids is 2. The first-order valence-corrected chi connectivity index (χ1v) is 12.9. The maximum atomic E-state index is 13.4. The molecule has 5 N–H and O–H groups in total. The van der Waals surface area contributed by atoms with E-state index in [1.165, 1.54) is 0 Å². The number of nitrogens with one attached hydrogen (secondary N) is 1. The van der Waals surface area contributed by atoms with Crippen molar-refractivity contribution >= 4 is 39.3 Å². The highest BCUT2D eigenvalue weighted by molar-refractivity contribution is 6.16. The van der Waals surface area contributed by atoms with Gasteiger partial charge in [-0.25, -0.2) is 0 Å². The molecule has 0 bridgehead atoms. The van der Waals surface area contributed by atoms with Gasteiger partial charge in [-0.1, -0.05) is 54.1 Å². The van der Waals surface area contributed by atoms with E-state index in [0.717, 1.165) is 66.4 Å². The molecule has 0 fully saturated rings. The van der Waals surface area contributed by atoms with Gasteiger partial charge in [0, 0.05) is 27.5 Å². The lowest BCUT2D eigenvalue weighted by Gasteiger charge is -2.21. The predicted octanol–water partition coefficient (Wildman–Crippen LogP) is 4.82. The van der Waals surface area contributed by atoms with Crippen LogP contribution in [-0.4, -0.2) is 33.6 Å². The van der Waals surface area contributed by atoms with Gasteiger partial charge in [-0.2, -0.15) is 0 Å². The molecule has 1 atom stereocenters. The van der Waals surface area contributed by atoms with Gasteiger partial charge in [-0.15, -0.1) is 0 Å². The topological polar surface area (TPSA) is 120 Å². The summed E-state index contributed by atoms with van der Waals surface area (Å²) in [6, 6.07) is 21.4. The van der Waals surface area contributed by atoms with Crippen LogP contribution < -0.4 is 10.6 Å². The summed E-state index contributed by atoms with van der Waals surface area (Å²) in [6.07, 6.45) is -0.912. The summed E-state index contributed by atoms with van der Waals surface area (Å²) in [5.41, 5.74) is 15.2. The first-order valence-electron chi connectivity index (χ1n) is 12.9. The van der Waals surface area contributed by atoms with Gasteiger partial charge < -0.3 is 25.8 Å². The normalized spacial score (nSPS) is 13.8. The van der Waals surface area contributed by atoms with Crippen LogP contribution in [0.1, 0.15) is 44.3 Å². The highest BCUT2D eigenvalue weighted by Gasteiger charge is 2.30. The number of benzene rings is 4. The number of primary amides is 1. The van der Waals surface area contributed by atoms with E-state index in [0.29, 0.717) is 12.1 Å². The van der Waals surface area contributed by atoms with E-state index in [1.54, 1.807) is 6.07 Å². The molecular weight excluding hydrogens is 490 g/mol. The molecule has 196 valence electrons. The molecule has 6 rings (SSSR count). The molecule has 7 nitrogen and oxygen atoms in total. The Hall–Kier alpha value is -4.46. The van der Waals surface area contributed by atoms with Crippen LogP contribution in [0.15, 0.2) is 66.7 Å². The summed E-state index contributed by atoms with van der Waals surface area (Å²) in [7, 11) is 0. The van der Waals surface area contributed by atoms with Gasteiger partial charge in [0.15, 0.2) is 0 Å². The Labute approximate surface area is 225 Å². The van der Waals surface area contributed by atoms with Crippen molar-refractivity contribution in [3.63, 3.8) is 0 Å². The van der Waals surface area contributed by atoms with Gasteiger partial charge in [-0.05, 0) is 65.4 Å². The number of anilines is 1. The minimum atomic E-state index is -0.991. The number of hydrogen-bond acceptors (Lipinski definition) is 4. The second-order valence-electron chi connectivity index (χ2n) is 10.3. The number of aliphatic hydroxyl groups excluding tert-OH is 2. The van der Waals surface area contributed by atoms with Crippen molar-refractivity contribution < 1.29 is 19.8 Å². The Kier molecular flexibility index (Phi) is 5.98. The van der Waals surface area contributed by atoms with Crippen molar-refractivity contribution in [1.29, 1.82) is 0 Å². The highest BCUT2D eigenvalue weighted by atomic mass is 16.3. The van der Waals surface area contributed by atoms with Gasteiger partial charge in [-0.3, -0.25) is 9.59 Å². The average Bonchev–Trinajstić information content (AvgIpc) is 3.46. The second kappa shape index (κ2) is 9.38. The van der Waals surface area contributed by atoms with Gasteiger partial charge in [0.2, 0.25) is 5.91 Å². The number of rotatable bonds is 6. The molecule has 0 spiro atoms. The van der Waals surface area contributed by atoms with Gasteiger partial charge in [0.05, 0.1) is 25.1 Å². The molecule has 0 aliphatic carbocycles. The quantitative estimate of drug-likeness (QED) is 0.257. The lowest BCUT2D eigenvalue weighted by molar-refractivity contribution is -0.117. The lowest BCUT2D eigenvalue weighted by Crippen LogP contribution is -2.24. The van der Waals surface area contributed by atoms with Crippen molar-refractivity contribution in [3.05, 3.63) is 100 Å². The Bertz CT molecular complexity index is 1800. The van der Waals surface area contributed by atoms with E-state index < -0.39 is 12.0 Å². The SMILES string of the molecule is Cc1ccc2c(c1)CN(c1cccc(-c3ccc(CC(N)=O)c4[nH]c5cc(C(O)CO)ccc5c34)c1C)C2=O. The molecule has 2 amide bonds. The molecule has 39 heavy (non-hydrogen) atoms. The van der Waals surface area contributed by atoms with E-state index >= 15 is 0 Å². The largest absolute Gasteiger partial charge is 0.393 e. The Balaban J connectivity index is 1.53. The molecule has 0 radical (unpaired) electrons. The second-order valence-corrected chi connectivity index (χ2v) is 10.3. The zero-order chi connectivity index (χ0) is 27.4.